The Hall–Kier alpha value is -2.43. The molecule has 0 aromatic rings. The molecule has 26 heavy (non-hydrogen) atoms. The van der Waals surface area contributed by atoms with Crippen LogP contribution in [0.1, 0.15) is 46.5 Å². The Morgan fingerprint density at radius 3 is 2.73 bits per heavy atom. The number of unbranched alkanes of at least 4 members (excludes halogenated alkanes) is 2. The highest BCUT2D eigenvalue weighted by Crippen LogP contribution is 2.49. The molecule has 1 saturated heterocycles. The molecule has 5 heteroatoms. The predicted molar refractivity (Wildman–Crippen MR) is 95.8 cm³/mol. The molecular weight excluding hydrogens is 332 g/mol. The molecule has 138 valence electrons. The Morgan fingerprint density at radius 1 is 1.27 bits per heavy atom. The van der Waals surface area contributed by atoms with Gasteiger partial charge < -0.3 is 9.47 Å². The number of Topliss-reactive ketones (excluding diaryl/α,β-unsaturated/α-hetero) is 1. The largest absolute Gasteiger partial charge is 0.465 e. The van der Waals surface area contributed by atoms with E-state index in [2.05, 4.69) is 6.92 Å². The molecule has 0 radical (unpaired) electrons. The van der Waals surface area contributed by atoms with E-state index in [9.17, 15) is 14.4 Å². The number of hydrogen-bond acceptors (Lipinski definition) is 5. The minimum absolute atomic E-state index is 0.157. The maximum atomic E-state index is 12.7. The lowest BCUT2D eigenvalue weighted by Gasteiger charge is -2.35. The summed E-state index contributed by atoms with van der Waals surface area (Å²) in [4.78, 5) is 38.0. The monoisotopic (exact) mass is 356 g/mol. The van der Waals surface area contributed by atoms with Crippen LogP contribution >= 0.6 is 0 Å². The van der Waals surface area contributed by atoms with Gasteiger partial charge in [0.1, 0.15) is 17.5 Å². The average molecular weight is 356 g/mol. The summed E-state index contributed by atoms with van der Waals surface area (Å²) in [5, 5.41) is 0. The van der Waals surface area contributed by atoms with Gasteiger partial charge in [-0.05, 0) is 44.1 Å². The van der Waals surface area contributed by atoms with Crippen molar-refractivity contribution in [3.63, 3.8) is 0 Å². The number of esters is 1. The van der Waals surface area contributed by atoms with Crippen LogP contribution in [0.2, 0.25) is 0 Å². The number of carbonyl (C=O) groups is 3. The van der Waals surface area contributed by atoms with Crippen LogP contribution in [0.5, 0.6) is 0 Å². The predicted octanol–water partition coefficient (Wildman–Crippen LogP) is 3.57. The third-order valence-corrected chi connectivity index (χ3v) is 5.26. The van der Waals surface area contributed by atoms with E-state index in [0.29, 0.717) is 23.3 Å². The Labute approximate surface area is 153 Å². The van der Waals surface area contributed by atoms with Crippen molar-refractivity contribution < 1.29 is 23.9 Å². The smallest absolute Gasteiger partial charge is 0.318 e. The lowest BCUT2D eigenvalue weighted by atomic mass is 9.67. The van der Waals surface area contributed by atoms with Crippen molar-refractivity contribution in [2.75, 3.05) is 0 Å². The van der Waals surface area contributed by atoms with Gasteiger partial charge in [0, 0.05) is 12.0 Å². The molecule has 3 unspecified atom stereocenters. The summed E-state index contributed by atoms with van der Waals surface area (Å²) in [5.74, 6) is -2.03. The van der Waals surface area contributed by atoms with Gasteiger partial charge in [0.2, 0.25) is 0 Å². The van der Waals surface area contributed by atoms with Crippen LogP contribution in [0.15, 0.2) is 47.5 Å². The highest BCUT2D eigenvalue weighted by molar-refractivity contribution is 6.09. The summed E-state index contributed by atoms with van der Waals surface area (Å²) in [6, 6.07) is 0. The molecule has 0 aromatic heterocycles. The van der Waals surface area contributed by atoms with Crippen LogP contribution in [0.4, 0.5) is 0 Å². The molecule has 0 saturated carbocycles. The van der Waals surface area contributed by atoms with Gasteiger partial charge in [0.15, 0.2) is 11.4 Å². The molecule has 1 fully saturated rings. The van der Waals surface area contributed by atoms with Crippen molar-refractivity contribution in [2.45, 2.75) is 52.1 Å². The van der Waals surface area contributed by atoms with Crippen LogP contribution in [0.25, 0.3) is 0 Å². The maximum absolute atomic E-state index is 12.7. The first-order valence-corrected chi connectivity index (χ1v) is 9.15. The zero-order valence-corrected chi connectivity index (χ0v) is 15.4. The zero-order chi connectivity index (χ0) is 18.9. The molecule has 0 bridgehead atoms. The highest BCUT2D eigenvalue weighted by Gasteiger charge is 2.62. The van der Waals surface area contributed by atoms with E-state index in [1.165, 1.54) is 6.08 Å². The zero-order valence-electron chi connectivity index (χ0n) is 15.4. The number of rotatable bonds is 6. The van der Waals surface area contributed by atoms with Gasteiger partial charge in [-0.3, -0.25) is 14.4 Å². The molecular formula is C21H24O5. The fourth-order valence-corrected chi connectivity index (χ4v) is 3.88. The minimum Gasteiger partial charge on any atom is -0.465 e. The van der Waals surface area contributed by atoms with Gasteiger partial charge in [0.25, 0.3) is 0 Å². The van der Waals surface area contributed by atoms with Gasteiger partial charge in [-0.15, -0.1) is 0 Å². The molecule has 0 aromatic carbocycles. The molecule has 3 atom stereocenters. The van der Waals surface area contributed by atoms with E-state index in [1.54, 1.807) is 25.3 Å². The molecule has 5 nitrogen and oxygen atoms in total. The third-order valence-electron chi connectivity index (χ3n) is 5.26. The summed E-state index contributed by atoms with van der Waals surface area (Å²) in [7, 11) is 0. The molecule has 2 aliphatic heterocycles. The van der Waals surface area contributed by atoms with Gasteiger partial charge >= 0.3 is 5.97 Å². The molecule has 0 N–H and O–H groups in total. The molecule has 1 aliphatic carbocycles. The van der Waals surface area contributed by atoms with Crippen molar-refractivity contribution in [3.8, 4) is 0 Å². The summed E-state index contributed by atoms with van der Waals surface area (Å²) in [6.45, 7) is 5.52. The summed E-state index contributed by atoms with van der Waals surface area (Å²) in [6.07, 6.45) is 11.4. The van der Waals surface area contributed by atoms with Crippen LogP contribution in [0, 0.1) is 11.8 Å². The second-order valence-corrected chi connectivity index (χ2v) is 7.11. The van der Waals surface area contributed by atoms with E-state index in [4.69, 9.17) is 9.47 Å². The van der Waals surface area contributed by atoms with E-state index in [-0.39, 0.29) is 11.6 Å². The molecule has 2 heterocycles. The van der Waals surface area contributed by atoms with Crippen LogP contribution in [0.3, 0.4) is 0 Å². The van der Waals surface area contributed by atoms with Crippen LogP contribution in [-0.4, -0.2) is 23.1 Å². The van der Waals surface area contributed by atoms with Gasteiger partial charge in [0.05, 0.1) is 12.2 Å². The fourth-order valence-electron chi connectivity index (χ4n) is 3.88. The van der Waals surface area contributed by atoms with Gasteiger partial charge in [-0.1, -0.05) is 25.8 Å². The van der Waals surface area contributed by atoms with E-state index in [1.807, 2.05) is 13.0 Å². The summed E-state index contributed by atoms with van der Waals surface area (Å²) >= 11 is 0. The SMILES string of the molecule is C/C=C/C1=CC2=CC(=O)C3(C)OC(=O)C(C(=O)CCCCC)C3C2=CO1. The lowest BCUT2D eigenvalue weighted by Crippen LogP contribution is -2.46. The van der Waals surface area contributed by atoms with Crippen LogP contribution in [-0.2, 0) is 23.9 Å². The second kappa shape index (κ2) is 7.06. The van der Waals surface area contributed by atoms with E-state index >= 15 is 0 Å². The third kappa shape index (κ3) is 2.96. The minimum atomic E-state index is -1.34. The van der Waals surface area contributed by atoms with Crippen molar-refractivity contribution >= 4 is 17.5 Å². The van der Waals surface area contributed by atoms with Crippen molar-refractivity contribution in [3.05, 3.63) is 47.5 Å². The fraction of sp³-hybridized carbons (Fsp3) is 0.476. The first kappa shape index (κ1) is 18.4. The van der Waals surface area contributed by atoms with Crippen LogP contribution < -0.4 is 0 Å². The van der Waals surface area contributed by atoms with Crippen molar-refractivity contribution in [1.82, 2.24) is 0 Å². The van der Waals surface area contributed by atoms with Crippen molar-refractivity contribution in [1.29, 1.82) is 0 Å². The summed E-state index contributed by atoms with van der Waals surface area (Å²) in [5.41, 5.74) is 0.0220. The summed E-state index contributed by atoms with van der Waals surface area (Å²) < 4.78 is 11.1. The van der Waals surface area contributed by atoms with Gasteiger partial charge in [-0.25, -0.2) is 0 Å². The number of ether oxygens (including phenoxy) is 2. The van der Waals surface area contributed by atoms with E-state index in [0.717, 1.165) is 19.3 Å². The number of ketones is 2. The Balaban J connectivity index is 1.96. The van der Waals surface area contributed by atoms with Gasteiger partial charge in [-0.2, -0.15) is 0 Å². The quantitative estimate of drug-likeness (QED) is 0.413. The first-order valence-electron chi connectivity index (χ1n) is 9.15. The first-order chi connectivity index (χ1) is 12.4. The molecule has 3 aliphatic rings. The molecule has 3 rings (SSSR count). The molecule has 0 spiro atoms. The lowest BCUT2D eigenvalue weighted by molar-refractivity contribution is -0.156. The maximum Gasteiger partial charge on any atom is 0.318 e. The normalized spacial score (nSPS) is 30.0. The standard InChI is InChI=1S/C21H24O5/c1-4-6-7-9-16(22)18-19-15-12-25-14(8-5-2)10-13(15)11-17(23)21(19,3)26-20(18)24/h5,8,10-12,18-19H,4,6-7,9H2,1-3H3/b8-5+. The second-order valence-electron chi connectivity index (χ2n) is 7.11. The number of hydrogen-bond donors (Lipinski definition) is 0. The molecule has 0 amide bonds. The topological polar surface area (TPSA) is 69.7 Å². The Bertz CT molecular complexity index is 767. The Kier molecular flexibility index (Phi) is 4.99. The number of fused-ring (bicyclic) bond motifs is 3. The number of allylic oxidation sites excluding steroid dienone is 4. The van der Waals surface area contributed by atoms with Crippen molar-refractivity contribution in [2.24, 2.45) is 11.8 Å². The van der Waals surface area contributed by atoms with E-state index < -0.39 is 23.4 Å². The average Bonchev–Trinajstić information content (AvgIpc) is 2.87. The highest BCUT2D eigenvalue weighted by atomic mass is 16.6. The number of carbonyl (C=O) groups excluding carboxylic acids is 3. The Morgan fingerprint density at radius 2 is 2.04 bits per heavy atom.